The average molecular weight is 218 g/mol. The predicted octanol–water partition coefficient (Wildman–Crippen LogP) is 2.65. The Kier molecular flexibility index (Phi) is 3.48. The fourth-order valence-electron chi connectivity index (χ4n) is 1.30. The highest BCUT2D eigenvalue weighted by Crippen LogP contribution is 2.30. The highest BCUT2D eigenvalue weighted by Gasteiger charge is 2.24. The molecule has 0 spiro atoms. The first kappa shape index (κ1) is 11.4. The van der Waals surface area contributed by atoms with Gasteiger partial charge in [-0.25, -0.2) is 10.3 Å². The molecule has 2 nitrogen and oxygen atoms in total. The molecule has 0 unspecified atom stereocenters. The van der Waals surface area contributed by atoms with Crippen molar-refractivity contribution in [2.45, 2.75) is 19.3 Å². The van der Waals surface area contributed by atoms with E-state index in [0.29, 0.717) is 10.6 Å². The SMILES string of the molecule is CC(C)(CON)c1cc(F)ccc1Cl. The number of rotatable bonds is 3. The van der Waals surface area contributed by atoms with Gasteiger partial charge in [0.2, 0.25) is 0 Å². The fraction of sp³-hybridized carbons (Fsp3) is 0.400. The monoisotopic (exact) mass is 217 g/mol. The van der Waals surface area contributed by atoms with Crippen molar-refractivity contribution in [2.75, 3.05) is 6.61 Å². The Morgan fingerprint density at radius 3 is 2.71 bits per heavy atom. The molecule has 0 atom stereocenters. The molecular formula is C10H13ClFNO. The van der Waals surface area contributed by atoms with Gasteiger partial charge in [0.25, 0.3) is 0 Å². The van der Waals surface area contributed by atoms with Crippen LogP contribution in [0.4, 0.5) is 4.39 Å². The number of benzene rings is 1. The Labute approximate surface area is 87.8 Å². The van der Waals surface area contributed by atoms with Gasteiger partial charge in [-0.1, -0.05) is 25.4 Å². The predicted molar refractivity (Wildman–Crippen MR) is 54.6 cm³/mol. The number of hydrogen-bond acceptors (Lipinski definition) is 2. The van der Waals surface area contributed by atoms with Crippen LogP contribution in [0.15, 0.2) is 18.2 Å². The van der Waals surface area contributed by atoms with Crippen molar-refractivity contribution in [2.24, 2.45) is 5.90 Å². The molecule has 2 N–H and O–H groups in total. The highest BCUT2D eigenvalue weighted by atomic mass is 35.5. The van der Waals surface area contributed by atoms with Crippen molar-refractivity contribution < 1.29 is 9.23 Å². The molecule has 0 radical (unpaired) electrons. The average Bonchev–Trinajstić information content (AvgIpc) is 2.09. The van der Waals surface area contributed by atoms with E-state index in [1.807, 2.05) is 13.8 Å². The largest absolute Gasteiger partial charge is 0.304 e. The minimum absolute atomic E-state index is 0.288. The second-order valence-electron chi connectivity index (χ2n) is 3.82. The van der Waals surface area contributed by atoms with E-state index in [4.69, 9.17) is 17.5 Å². The standard InChI is InChI=1S/C10H13ClFNO/c1-10(2,6-14-13)8-5-7(12)3-4-9(8)11/h3-5H,6,13H2,1-2H3. The zero-order valence-corrected chi connectivity index (χ0v) is 8.94. The van der Waals surface area contributed by atoms with Gasteiger partial charge in [0, 0.05) is 10.4 Å². The quantitative estimate of drug-likeness (QED) is 0.790. The zero-order chi connectivity index (χ0) is 10.8. The molecule has 1 aromatic carbocycles. The first-order valence-corrected chi connectivity index (χ1v) is 4.62. The minimum Gasteiger partial charge on any atom is -0.304 e. The zero-order valence-electron chi connectivity index (χ0n) is 8.18. The second-order valence-corrected chi connectivity index (χ2v) is 4.23. The van der Waals surface area contributed by atoms with Crippen LogP contribution in [0.3, 0.4) is 0 Å². The molecule has 0 heterocycles. The molecule has 0 aliphatic carbocycles. The summed E-state index contributed by atoms with van der Waals surface area (Å²) in [5, 5.41) is 0.522. The fourth-order valence-corrected chi connectivity index (χ4v) is 1.68. The summed E-state index contributed by atoms with van der Waals surface area (Å²) in [6, 6.07) is 4.26. The van der Waals surface area contributed by atoms with Gasteiger partial charge in [-0.2, -0.15) is 0 Å². The lowest BCUT2D eigenvalue weighted by Crippen LogP contribution is -2.26. The van der Waals surface area contributed by atoms with Crippen molar-refractivity contribution in [1.29, 1.82) is 0 Å². The summed E-state index contributed by atoms with van der Waals surface area (Å²) in [4.78, 5) is 4.57. The van der Waals surface area contributed by atoms with Crippen LogP contribution < -0.4 is 5.90 Å². The van der Waals surface area contributed by atoms with Crippen LogP contribution >= 0.6 is 11.6 Å². The smallest absolute Gasteiger partial charge is 0.123 e. The molecule has 0 bridgehead atoms. The first-order valence-electron chi connectivity index (χ1n) is 4.24. The summed E-state index contributed by atoms with van der Waals surface area (Å²) in [5.41, 5.74) is 0.304. The Bertz CT molecular complexity index is 328. The molecule has 4 heteroatoms. The van der Waals surface area contributed by atoms with Crippen molar-refractivity contribution in [3.05, 3.63) is 34.6 Å². The van der Waals surface area contributed by atoms with Gasteiger partial charge >= 0.3 is 0 Å². The van der Waals surface area contributed by atoms with E-state index >= 15 is 0 Å². The van der Waals surface area contributed by atoms with Gasteiger partial charge in [0.1, 0.15) is 5.82 Å². The lowest BCUT2D eigenvalue weighted by Gasteiger charge is -2.24. The Morgan fingerprint density at radius 2 is 2.14 bits per heavy atom. The lowest BCUT2D eigenvalue weighted by atomic mass is 9.85. The van der Waals surface area contributed by atoms with Gasteiger partial charge in [0.05, 0.1) is 6.61 Å². The molecular weight excluding hydrogens is 205 g/mol. The minimum atomic E-state index is -0.395. The molecule has 0 fully saturated rings. The van der Waals surface area contributed by atoms with Crippen molar-refractivity contribution in [1.82, 2.24) is 0 Å². The maximum Gasteiger partial charge on any atom is 0.123 e. The number of nitrogens with two attached hydrogens (primary N) is 1. The molecule has 0 aromatic heterocycles. The van der Waals surface area contributed by atoms with E-state index < -0.39 is 5.41 Å². The first-order chi connectivity index (χ1) is 6.47. The summed E-state index contributed by atoms with van der Waals surface area (Å²) in [6.45, 7) is 4.07. The summed E-state index contributed by atoms with van der Waals surface area (Å²) >= 11 is 5.95. The molecule has 14 heavy (non-hydrogen) atoms. The van der Waals surface area contributed by atoms with E-state index in [1.54, 1.807) is 0 Å². The summed E-state index contributed by atoms with van der Waals surface area (Å²) in [7, 11) is 0. The van der Waals surface area contributed by atoms with Crippen LogP contribution in [0.1, 0.15) is 19.4 Å². The molecule has 78 valence electrons. The molecule has 1 rings (SSSR count). The molecule has 1 aromatic rings. The summed E-state index contributed by atoms with van der Waals surface area (Å²) in [6.07, 6.45) is 0. The van der Waals surface area contributed by atoms with Crippen LogP contribution in [0.25, 0.3) is 0 Å². The van der Waals surface area contributed by atoms with Crippen molar-refractivity contribution in [3.63, 3.8) is 0 Å². The highest BCUT2D eigenvalue weighted by molar-refractivity contribution is 6.31. The van der Waals surface area contributed by atoms with Crippen LogP contribution in [0.2, 0.25) is 5.02 Å². The van der Waals surface area contributed by atoms with Gasteiger partial charge in [-0.05, 0) is 23.8 Å². The van der Waals surface area contributed by atoms with E-state index in [-0.39, 0.29) is 12.4 Å². The van der Waals surface area contributed by atoms with E-state index in [1.165, 1.54) is 18.2 Å². The molecule has 0 aliphatic rings. The number of halogens is 2. The molecule has 0 amide bonds. The second kappa shape index (κ2) is 4.26. The van der Waals surface area contributed by atoms with Crippen molar-refractivity contribution in [3.8, 4) is 0 Å². The van der Waals surface area contributed by atoms with Crippen LogP contribution in [0.5, 0.6) is 0 Å². The normalized spacial score (nSPS) is 11.8. The van der Waals surface area contributed by atoms with E-state index in [2.05, 4.69) is 4.84 Å². The van der Waals surface area contributed by atoms with E-state index in [0.717, 1.165) is 0 Å². The summed E-state index contributed by atoms with van der Waals surface area (Å²) in [5.74, 6) is 4.69. The maximum atomic E-state index is 13.0. The molecule has 0 aliphatic heterocycles. The van der Waals surface area contributed by atoms with Crippen molar-refractivity contribution >= 4 is 11.6 Å². The lowest BCUT2D eigenvalue weighted by molar-refractivity contribution is 0.0963. The third kappa shape index (κ3) is 2.44. The van der Waals surface area contributed by atoms with Gasteiger partial charge in [0.15, 0.2) is 0 Å². The summed E-state index contributed by atoms with van der Waals surface area (Å²) < 4.78 is 13.0. The van der Waals surface area contributed by atoms with Crippen LogP contribution in [0, 0.1) is 5.82 Å². The van der Waals surface area contributed by atoms with Gasteiger partial charge < -0.3 is 4.84 Å². The number of hydrogen-bond donors (Lipinski definition) is 1. The topological polar surface area (TPSA) is 35.2 Å². The Morgan fingerprint density at radius 1 is 1.50 bits per heavy atom. The third-order valence-corrected chi connectivity index (χ3v) is 2.43. The van der Waals surface area contributed by atoms with Crippen LogP contribution in [-0.4, -0.2) is 6.61 Å². The Hall–Kier alpha value is -0.640. The molecule has 0 saturated carbocycles. The van der Waals surface area contributed by atoms with E-state index in [9.17, 15) is 4.39 Å². The Balaban J connectivity index is 3.10. The molecule has 0 saturated heterocycles. The third-order valence-electron chi connectivity index (χ3n) is 2.10. The van der Waals surface area contributed by atoms with Gasteiger partial charge in [-0.15, -0.1) is 0 Å². The maximum absolute atomic E-state index is 13.0. The van der Waals surface area contributed by atoms with Gasteiger partial charge in [-0.3, -0.25) is 0 Å². The van der Waals surface area contributed by atoms with Crippen LogP contribution in [-0.2, 0) is 10.3 Å².